The van der Waals surface area contributed by atoms with Gasteiger partial charge in [-0.25, -0.2) is 0 Å². The number of hydrogen-bond acceptors (Lipinski definition) is 2. The molecule has 0 saturated heterocycles. The molecule has 2 N–H and O–H groups in total. The van der Waals surface area contributed by atoms with Crippen LogP contribution in [0.3, 0.4) is 0 Å². The molecule has 1 fully saturated rings. The largest absolute Gasteiger partial charge is 0.324 e. The highest BCUT2D eigenvalue weighted by atomic mass is 32.1. The van der Waals surface area contributed by atoms with Crippen molar-refractivity contribution in [1.29, 1.82) is 0 Å². The normalized spacial score (nSPS) is 23.9. The average molecular weight is 223 g/mol. The Morgan fingerprint density at radius 2 is 2.07 bits per heavy atom. The van der Waals surface area contributed by atoms with E-state index in [1.165, 1.54) is 31.2 Å². The van der Waals surface area contributed by atoms with E-state index in [4.69, 9.17) is 5.73 Å². The molecule has 15 heavy (non-hydrogen) atoms. The summed E-state index contributed by atoms with van der Waals surface area (Å²) < 4.78 is 0. The van der Waals surface area contributed by atoms with Gasteiger partial charge in [-0.3, -0.25) is 0 Å². The van der Waals surface area contributed by atoms with Gasteiger partial charge in [-0.15, -0.1) is 0 Å². The highest BCUT2D eigenvalue weighted by molar-refractivity contribution is 7.07. The molecule has 1 nitrogen and oxygen atoms in total. The van der Waals surface area contributed by atoms with E-state index in [-0.39, 0.29) is 6.04 Å². The van der Waals surface area contributed by atoms with Gasteiger partial charge in [-0.2, -0.15) is 11.3 Å². The fraction of sp³-hybridized carbons (Fsp3) is 0.692. The molecule has 0 aromatic carbocycles. The maximum Gasteiger partial charge on any atom is 0.0331 e. The minimum atomic E-state index is 0.271. The first-order valence-electron chi connectivity index (χ1n) is 5.86. The molecule has 1 heterocycles. The lowest BCUT2D eigenvalue weighted by atomic mass is 9.70. The van der Waals surface area contributed by atoms with E-state index in [2.05, 4.69) is 30.7 Å². The van der Waals surface area contributed by atoms with Crippen LogP contribution in [0.4, 0.5) is 0 Å². The predicted molar refractivity (Wildman–Crippen MR) is 67.0 cm³/mol. The predicted octanol–water partition coefficient (Wildman–Crippen LogP) is 3.96. The van der Waals surface area contributed by atoms with Crippen LogP contribution in [-0.4, -0.2) is 0 Å². The summed E-state index contributed by atoms with van der Waals surface area (Å²) >= 11 is 1.75. The van der Waals surface area contributed by atoms with Crippen LogP contribution in [0.15, 0.2) is 16.8 Å². The van der Waals surface area contributed by atoms with Gasteiger partial charge >= 0.3 is 0 Å². The minimum absolute atomic E-state index is 0.271. The summed E-state index contributed by atoms with van der Waals surface area (Å²) in [5.74, 6) is 0.702. The Hall–Kier alpha value is -0.340. The van der Waals surface area contributed by atoms with Gasteiger partial charge in [-0.1, -0.05) is 13.8 Å². The second-order valence-electron chi connectivity index (χ2n) is 5.58. The van der Waals surface area contributed by atoms with E-state index in [0.717, 1.165) is 0 Å². The van der Waals surface area contributed by atoms with Crippen LogP contribution in [0.1, 0.15) is 51.1 Å². The lowest BCUT2D eigenvalue weighted by molar-refractivity contribution is 0.173. The molecule has 0 aliphatic heterocycles. The van der Waals surface area contributed by atoms with E-state index in [1.54, 1.807) is 11.3 Å². The van der Waals surface area contributed by atoms with E-state index in [9.17, 15) is 0 Å². The van der Waals surface area contributed by atoms with E-state index >= 15 is 0 Å². The van der Waals surface area contributed by atoms with Crippen molar-refractivity contribution >= 4 is 11.3 Å². The Bertz CT molecular complexity index is 292. The molecule has 1 aliphatic rings. The highest BCUT2D eigenvalue weighted by Gasteiger charge is 2.30. The third kappa shape index (κ3) is 2.61. The van der Waals surface area contributed by atoms with Crippen LogP contribution >= 0.6 is 11.3 Å². The van der Waals surface area contributed by atoms with Gasteiger partial charge in [0.05, 0.1) is 0 Å². The van der Waals surface area contributed by atoms with Crippen LogP contribution in [0.5, 0.6) is 0 Å². The molecule has 0 spiro atoms. The molecule has 0 bridgehead atoms. The molecule has 2 heteroatoms. The fourth-order valence-electron chi connectivity index (χ4n) is 2.52. The van der Waals surface area contributed by atoms with Crippen LogP contribution in [0.25, 0.3) is 0 Å². The summed E-state index contributed by atoms with van der Waals surface area (Å²) in [5, 5.41) is 4.33. The molecule has 1 unspecified atom stereocenters. The first kappa shape index (κ1) is 11.2. The second-order valence-corrected chi connectivity index (χ2v) is 6.36. The Labute approximate surface area is 96.7 Å². The van der Waals surface area contributed by atoms with Crippen molar-refractivity contribution in [3.63, 3.8) is 0 Å². The van der Waals surface area contributed by atoms with Gasteiger partial charge in [0.25, 0.3) is 0 Å². The molecule has 0 amide bonds. The first-order chi connectivity index (χ1) is 7.08. The zero-order chi connectivity index (χ0) is 10.9. The smallest absolute Gasteiger partial charge is 0.0331 e. The highest BCUT2D eigenvalue weighted by Crippen LogP contribution is 2.42. The van der Waals surface area contributed by atoms with E-state index < -0.39 is 0 Å². The number of rotatable bonds is 2. The Morgan fingerprint density at radius 3 is 2.60 bits per heavy atom. The molecule has 1 atom stereocenters. The van der Waals surface area contributed by atoms with Gasteiger partial charge in [-0.05, 0) is 59.4 Å². The van der Waals surface area contributed by atoms with Gasteiger partial charge in [0.15, 0.2) is 0 Å². The monoisotopic (exact) mass is 223 g/mol. The summed E-state index contributed by atoms with van der Waals surface area (Å²) in [7, 11) is 0. The fourth-order valence-corrected chi connectivity index (χ4v) is 3.22. The zero-order valence-electron chi connectivity index (χ0n) is 9.70. The number of nitrogens with two attached hydrogens (primary N) is 1. The maximum atomic E-state index is 6.31. The summed E-state index contributed by atoms with van der Waals surface area (Å²) in [6, 6.07) is 2.45. The third-order valence-corrected chi connectivity index (χ3v) is 4.52. The lowest BCUT2D eigenvalue weighted by Crippen LogP contribution is -2.28. The van der Waals surface area contributed by atoms with E-state index in [0.29, 0.717) is 11.3 Å². The topological polar surface area (TPSA) is 26.0 Å². The minimum Gasteiger partial charge on any atom is -0.324 e. The SMILES string of the molecule is CC1(C)CCC(C(N)c2ccsc2)CC1. The Kier molecular flexibility index (Phi) is 3.17. The molecular formula is C13H21NS. The van der Waals surface area contributed by atoms with Gasteiger partial charge < -0.3 is 5.73 Å². The molecule has 2 rings (SSSR count). The number of thiophene rings is 1. The van der Waals surface area contributed by atoms with Crippen molar-refractivity contribution in [2.45, 2.75) is 45.6 Å². The zero-order valence-corrected chi connectivity index (χ0v) is 10.5. The standard InChI is InChI=1S/C13H21NS/c1-13(2)6-3-10(4-7-13)12(14)11-5-8-15-9-11/h5,8-10,12H,3-4,6-7,14H2,1-2H3. The van der Waals surface area contributed by atoms with Crippen molar-refractivity contribution in [3.8, 4) is 0 Å². The average Bonchev–Trinajstić information content (AvgIpc) is 2.69. The number of hydrogen-bond donors (Lipinski definition) is 1. The van der Waals surface area contributed by atoms with Crippen molar-refractivity contribution in [2.24, 2.45) is 17.1 Å². The molecule has 84 valence electrons. The van der Waals surface area contributed by atoms with E-state index in [1.807, 2.05) is 0 Å². The first-order valence-corrected chi connectivity index (χ1v) is 6.80. The van der Waals surface area contributed by atoms with Crippen LogP contribution in [-0.2, 0) is 0 Å². The molecule has 1 saturated carbocycles. The van der Waals surface area contributed by atoms with Gasteiger partial charge in [0.2, 0.25) is 0 Å². The van der Waals surface area contributed by atoms with Crippen molar-refractivity contribution in [1.82, 2.24) is 0 Å². The third-order valence-electron chi connectivity index (χ3n) is 3.82. The maximum absolute atomic E-state index is 6.31. The van der Waals surface area contributed by atoms with Crippen LogP contribution < -0.4 is 5.73 Å². The molecular weight excluding hydrogens is 202 g/mol. The second kappa shape index (κ2) is 4.26. The summed E-state index contributed by atoms with van der Waals surface area (Å²) in [5.41, 5.74) is 8.19. The van der Waals surface area contributed by atoms with Crippen LogP contribution in [0.2, 0.25) is 0 Å². The van der Waals surface area contributed by atoms with Crippen molar-refractivity contribution < 1.29 is 0 Å². The van der Waals surface area contributed by atoms with Gasteiger partial charge in [0, 0.05) is 6.04 Å². The Balaban J connectivity index is 1.96. The molecule has 0 radical (unpaired) electrons. The summed E-state index contributed by atoms with van der Waals surface area (Å²) in [6.45, 7) is 4.75. The lowest BCUT2D eigenvalue weighted by Gasteiger charge is -2.36. The van der Waals surface area contributed by atoms with Crippen molar-refractivity contribution in [2.75, 3.05) is 0 Å². The van der Waals surface area contributed by atoms with Crippen molar-refractivity contribution in [3.05, 3.63) is 22.4 Å². The van der Waals surface area contributed by atoms with Crippen LogP contribution in [0, 0.1) is 11.3 Å². The molecule has 1 aromatic heterocycles. The molecule has 1 aromatic rings. The summed E-state index contributed by atoms with van der Waals surface area (Å²) in [6.07, 6.45) is 5.25. The molecule has 1 aliphatic carbocycles. The Morgan fingerprint density at radius 1 is 1.40 bits per heavy atom. The quantitative estimate of drug-likeness (QED) is 0.806. The summed E-state index contributed by atoms with van der Waals surface area (Å²) in [4.78, 5) is 0. The van der Waals surface area contributed by atoms with Gasteiger partial charge in [0.1, 0.15) is 0 Å².